The van der Waals surface area contributed by atoms with Crippen molar-refractivity contribution in [2.45, 2.75) is 46.7 Å². The first-order chi connectivity index (χ1) is 13.4. The van der Waals surface area contributed by atoms with Gasteiger partial charge in [-0.25, -0.2) is 4.98 Å². The topological polar surface area (TPSA) is 61.6 Å². The van der Waals surface area contributed by atoms with Gasteiger partial charge in [-0.2, -0.15) is 5.10 Å². The molecule has 0 bridgehead atoms. The fourth-order valence-electron chi connectivity index (χ4n) is 3.31. The van der Waals surface area contributed by atoms with Crippen molar-refractivity contribution >= 4 is 35.8 Å². The molecule has 0 spiro atoms. The van der Waals surface area contributed by atoms with Gasteiger partial charge in [-0.3, -0.25) is 9.67 Å². The van der Waals surface area contributed by atoms with Crippen LogP contribution in [0.1, 0.15) is 50.4 Å². The molecule has 2 aromatic rings. The quantitative estimate of drug-likeness (QED) is 0.332. The van der Waals surface area contributed by atoms with E-state index >= 15 is 0 Å². The fourth-order valence-corrected chi connectivity index (χ4v) is 3.31. The largest absolute Gasteiger partial charge is 0.357 e. The second-order valence-corrected chi connectivity index (χ2v) is 7.32. The van der Waals surface area contributed by atoms with Crippen LogP contribution in [0.2, 0.25) is 0 Å². The van der Waals surface area contributed by atoms with Crippen LogP contribution in [0.25, 0.3) is 0 Å². The zero-order chi connectivity index (χ0) is 20.7. The van der Waals surface area contributed by atoms with Crippen molar-refractivity contribution in [1.29, 1.82) is 0 Å². The zero-order valence-electron chi connectivity index (χ0n) is 18.8. The highest BCUT2D eigenvalue weighted by atomic mass is 127. The summed E-state index contributed by atoms with van der Waals surface area (Å²) in [7, 11) is 5.83. The summed E-state index contributed by atoms with van der Waals surface area (Å²) in [6.07, 6.45) is 4.03. The van der Waals surface area contributed by atoms with Crippen molar-refractivity contribution in [1.82, 2.24) is 25.0 Å². The van der Waals surface area contributed by atoms with Gasteiger partial charge in [0.05, 0.1) is 5.69 Å². The van der Waals surface area contributed by atoms with Gasteiger partial charge in [0, 0.05) is 65.3 Å². The van der Waals surface area contributed by atoms with Crippen molar-refractivity contribution in [2.75, 3.05) is 32.1 Å². The number of hydrogen-bond acceptors (Lipinski definition) is 4. The normalized spacial score (nSPS) is 11.4. The van der Waals surface area contributed by atoms with Crippen molar-refractivity contribution in [3.63, 3.8) is 0 Å². The molecular formula is C21H36IN7. The van der Waals surface area contributed by atoms with Crippen molar-refractivity contribution in [3.8, 4) is 0 Å². The molecule has 162 valence electrons. The molecule has 0 saturated carbocycles. The number of rotatable bonds is 8. The first-order valence-corrected chi connectivity index (χ1v) is 10.0. The molecular weight excluding hydrogens is 477 g/mol. The molecule has 0 aliphatic heterocycles. The lowest BCUT2D eigenvalue weighted by molar-refractivity contribution is 0.473. The van der Waals surface area contributed by atoms with Gasteiger partial charge in [0.2, 0.25) is 0 Å². The number of pyridine rings is 1. The molecule has 7 nitrogen and oxygen atoms in total. The van der Waals surface area contributed by atoms with Crippen LogP contribution in [0.4, 0.5) is 5.82 Å². The van der Waals surface area contributed by atoms with Gasteiger partial charge in [0.1, 0.15) is 5.82 Å². The van der Waals surface area contributed by atoms with Gasteiger partial charge in [-0.1, -0.05) is 19.9 Å². The van der Waals surface area contributed by atoms with E-state index < -0.39 is 0 Å². The highest BCUT2D eigenvalue weighted by Crippen LogP contribution is 2.18. The molecule has 0 aromatic carbocycles. The van der Waals surface area contributed by atoms with Crippen molar-refractivity contribution < 1.29 is 0 Å². The van der Waals surface area contributed by atoms with Gasteiger partial charge in [0.25, 0.3) is 0 Å². The van der Waals surface area contributed by atoms with Crippen LogP contribution in [-0.2, 0) is 20.1 Å². The Morgan fingerprint density at radius 2 is 1.93 bits per heavy atom. The highest BCUT2D eigenvalue weighted by Gasteiger charge is 2.15. The van der Waals surface area contributed by atoms with Crippen LogP contribution < -0.4 is 10.2 Å². The standard InChI is InChI=1S/C21H35N7.HI/c1-8-28(9-2)19-11-10-17(12-23-19)13-24-21(22-5)26(6)14-18-15-27(7)25-20(18)16(3)4;/h10-12,15-16H,8-9,13-14H2,1-7H3,(H,22,24);1H. The van der Waals surface area contributed by atoms with Crippen LogP contribution in [0.15, 0.2) is 29.5 Å². The fraction of sp³-hybridized carbons (Fsp3) is 0.571. The number of aromatic nitrogens is 3. The Kier molecular flexibility index (Phi) is 10.4. The van der Waals surface area contributed by atoms with Gasteiger partial charge < -0.3 is 15.1 Å². The second kappa shape index (κ2) is 12.0. The minimum Gasteiger partial charge on any atom is -0.357 e. The summed E-state index contributed by atoms with van der Waals surface area (Å²) in [6.45, 7) is 12.0. The lowest BCUT2D eigenvalue weighted by Gasteiger charge is -2.23. The Balaban J connectivity index is 0.00000420. The molecule has 8 heteroatoms. The van der Waals surface area contributed by atoms with Gasteiger partial charge >= 0.3 is 0 Å². The Bertz CT molecular complexity index is 764. The first kappa shape index (κ1) is 25.2. The summed E-state index contributed by atoms with van der Waals surface area (Å²) < 4.78 is 1.89. The molecule has 0 aliphatic carbocycles. The molecule has 0 radical (unpaired) electrons. The maximum atomic E-state index is 4.60. The Morgan fingerprint density at radius 1 is 1.24 bits per heavy atom. The predicted octanol–water partition coefficient (Wildman–Crippen LogP) is 3.61. The minimum absolute atomic E-state index is 0. The van der Waals surface area contributed by atoms with Gasteiger partial charge in [-0.05, 0) is 31.4 Å². The molecule has 0 amide bonds. The Hall–Kier alpha value is -1.84. The monoisotopic (exact) mass is 513 g/mol. The summed E-state index contributed by atoms with van der Waals surface area (Å²) in [4.78, 5) is 13.4. The third-order valence-corrected chi connectivity index (χ3v) is 4.81. The van der Waals surface area contributed by atoms with Crippen molar-refractivity contribution in [2.24, 2.45) is 12.0 Å². The third-order valence-electron chi connectivity index (χ3n) is 4.81. The number of anilines is 1. The predicted molar refractivity (Wildman–Crippen MR) is 132 cm³/mol. The molecule has 0 atom stereocenters. The van der Waals surface area contributed by atoms with Crippen LogP contribution in [0, 0.1) is 0 Å². The zero-order valence-corrected chi connectivity index (χ0v) is 21.1. The summed E-state index contributed by atoms with van der Waals surface area (Å²) in [6, 6.07) is 4.21. The lowest BCUT2D eigenvalue weighted by atomic mass is 10.1. The number of aliphatic imine (C=N–C) groups is 1. The molecule has 1 N–H and O–H groups in total. The summed E-state index contributed by atoms with van der Waals surface area (Å²) in [5.74, 6) is 2.27. The lowest BCUT2D eigenvalue weighted by Crippen LogP contribution is -2.38. The van der Waals surface area contributed by atoms with Crippen LogP contribution in [0.5, 0.6) is 0 Å². The second-order valence-electron chi connectivity index (χ2n) is 7.32. The van der Waals surface area contributed by atoms with E-state index in [4.69, 9.17) is 0 Å². The average molecular weight is 513 g/mol. The third kappa shape index (κ3) is 6.87. The maximum Gasteiger partial charge on any atom is 0.193 e. The first-order valence-electron chi connectivity index (χ1n) is 10.0. The Morgan fingerprint density at radius 3 is 2.45 bits per heavy atom. The minimum atomic E-state index is 0. The van der Waals surface area contributed by atoms with Gasteiger partial charge in [-0.15, -0.1) is 24.0 Å². The molecule has 29 heavy (non-hydrogen) atoms. The van der Waals surface area contributed by atoms with Crippen LogP contribution in [0.3, 0.4) is 0 Å². The molecule has 0 unspecified atom stereocenters. The number of aryl methyl sites for hydroxylation is 1. The molecule has 2 heterocycles. The molecule has 0 aliphatic rings. The van der Waals surface area contributed by atoms with E-state index in [-0.39, 0.29) is 24.0 Å². The summed E-state index contributed by atoms with van der Waals surface area (Å²) in [5, 5.41) is 8.03. The van der Waals surface area contributed by atoms with E-state index in [0.29, 0.717) is 12.5 Å². The summed E-state index contributed by atoms with van der Waals surface area (Å²) >= 11 is 0. The highest BCUT2D eigenvalue weighted by molar-refractivity contribution is 14.0. The van der Waals surface area contributed by atoms with Gasteiger partial charge in [0.15, 0.2) is 5.96 Å². The Labute approximate surface area is 192 Å². The molecule has 0 saturated heterocycles. The van der Waals surface area contributed by atoms with E-state index in [9.17, 15) is 0 Å². The van der Waals surface area contributed by atoms with E-state index in [1.54, 1.807) is 0 Å². The number of nitrogens with one attached hydrogen (secondary N) is 1. The molecule has 2 rings (SSSR count). The van der Waals surface area contributed by atoms with E-state index in [0.717, 1.165) is 42.7 Å². The smallest absolute Gasteiger partial charge is 0.193 e. The van der Waals surface area contributed by atoms with Crippen LogP contribution in [-0.4, -0.2) is 52.8 Å². The van der Waals surface area contributed by atoms with E-state index in [2.05, 4.69) is 76.2 Å². The molecule has 2 aromatic heterocycles. The summed E-state index contributed by atoms with van der Waals surface area (Å²) in [5.41, 5.74) is 3.50. The van der Waals surface area contributed by atoms with E-state index in [1.807, 2.05) is 32.0 Å². The molecule has 0 fully saturated rings. The number of halogens is 1. The number of hydrogen-bond donors (Lipinski definition) is 1. The maximum absolute atomic E-state index is 4.60. The SMILES string of the molecule is CCN(CC)c1ccc(CNC(=NC)N(C)Cc2cn(C)nc2C(C)C)cn1.I. The number of guanidine groups is 1. The van der Waals surface area contributed by atoms with E-state index in [1.165, 1.54) is 5.56 Å². The van der Waals surface area contributed by atoms with Crippen LogP contribution >= 0.6 is 24.0 Å². The van der Waals surface area contributed by atoms with Crippen molar-refractivity contribution in [3.05, 3.63) is 41.3 Å². The average Bonchev–Trinajstić information content (AvgIpc) is 3.04. The number of nitrogens with zero attached hydrogens (tertiary/aromatic N) is 6.